The fourth-order valence-corrected chi connectivity index (χ4v) is 1.23. The Hall–Kier alpha value is -1.82. The third-order valence-corrected chi connectivity index (χ3v) is 2.42. The van der Waals surface area contributed by atoms with Crippen LogP contribution >= 0.6 is 0 Å². The van der Waals surface area contributed by atoms with Gasteiger partial charge in [-0.05, 0) is 19.9 Å². The molecule has 1 rings (SSSR count). The number of hydrogen-bond donors (Lipinski definition) is 2. The lowest BCUT2D eigenvalue weighted by Crippen LogP contribution is -2.32. The Labute approximate surface area is 99.9 Å². The summed E-state index contributed by atoms with van der Waals surface area (Å²) in [6.45, 7) is 4.37. The van der Waals surface area contributed by atoms with E-state index in [9.17, 15) is 10.1 Å². The van der Waals surface area contributed by atoms with E-state index in [1.54, 1.807) is 13.2 Å². The SMILES string of the molecule is COC(C)(C)CNc1cc(N)cc([N+](=O)[O-])c1. The molecular weight excluding hydrogens is 222 g/mol. The molecule has 0 heterocycles. The molecule has 0 radical (unpaired) electrons. The number of rotatable bonds is 5. The van der Waals surface area contributed by atoms with Gasteiger partial charge >= 0.3 is 0 Å². The number of nitro benzene ring substituents is 1. The summed E-state index contributed by atoms with van der Waals surface area (Å²) in [7, 11) is 1.61. The fourth-order valence-electron chi connectivity index (χ4n) is 1.23. The molecule has 0 aromatic heterocycles. The number of non-ortho nitro benzene ring substituents is 1. The topological polar surface area (TPSA) is 90.4 Å². The van der Waals surface area contributed by atoms with E-state index in [0.717, 1.165) is 0 Å². The number of ether oxygens (including phenoxy) is 1. The maximum Gasteiger partial charge on any atom is 0.273 e. The molecule has 6 nitrogen and oxygen atoms in total. The lowest BCUT2D eigenvalue weighted by atomic mass is 10.1. The molecule has 1 aromatic carbocycles. The molecular formula is C11H17N3O3. The summed E-state index contributed by atoms with van der Waals surface area (Å²) in [5.41, 5.74) is 6.19. The van der Waals surface area contributed by atoms with Crippen molar-refractivity contribution >= 4 is 17.1 Å². The number of nitrogen functional groups attached to an aromatic ring is 1. The van der Waals surface area contributed by atoms with E-state index >= 15 is 0 Å². The minimum absolute atomic E-state index is 0.0253. The third kappa shape index (κ3) is 3.92. The Morgan fingerprint density at radius 2 is 2.12 bits per heavy atom. The van der Waals surface area contributed by atoms with Crippen molar-refractivity contribution in [3.8, 4) is 0 Å². The summed E-state index contributed by atoms with van der Waals surface area (Å²) < 4.78 is 5.24. The van der Waals surface area contributed by atoms with Gasteiger partial charge in [-0.25, -0.2) is 0 Å². The van der Waals surface area contributed by atoms with E-state index in [1.807, 2.05) is 13.8 Å². The van der Waals surface area contributed by atoms with Crippen molar-refractivity contribution in [2.45, 2.75) is 19.4 Å². The maximum atomic E-state index is 10.7. The van der Waals surface area contributed by atoms with E-state index in [-0.39, 0.29) is 11.3 Å². The predicted octanol–water partition coefficient (Wildman–Crippen LogP) is 2.01. The van der Waals surface area contributed by atoms with Gasteiger partial charge in [0.05, 0.1) is 10.5 Å². The maximum absolute atomic E-state index is 10.7. The van der Waals surface area contributed by atoms with Crippen molar-refractivity contribution in [2.24, 2.45) is 0 Å². The van der Waals surface area contributed by atoms with Crippen molar-refractivity contribution in [3.05, 3.63) is 28.3 Å². The van der Waals surface area contributed by atoms with E-state index in [1.165, 1.54) is 12.1 Å². The molecule has 0 atom stereocenters. The lowest BCUT2D eigenvalue weighted by molar-refractivity contribution is -0.384. The highest BCUT2D eigenvalue weighted by atomic mass is 16.6. The van der Waals surface area contributed by atoms with Crippen molar-refractivity contribution in [1.29, 1.82) is 0 Å². The molecule has 0 aliphatic carbocycles. The van der Waals surface area contributed by atoms with Gasteiger partial charge in [0.1, 0.15) is 0 Å². The number of nitrogens with one attached hydrogen (secondary N) is 1. The van der Waals surface area contributed by atoms with Crippen LogP contribution in [-0.4, -0.2) is 24.2 Å². The zero-order valence-corrected chi connectivity index (χ0v) is 10.2. The van der Waals surface area contributed by atoms with Gasteiger partial charge in [-0.2, -0.15) is 0 Å². The predicted molar refractivity (Wildman–Crippen MR) is 67.1 cm³/mol. The summed E-state index contributed by atoms with van der Waals surface area (Å²) in [6, 6.07) is 4.42. The Morgan fingerprint density at radius 1 is 1.47 bits per heavy atom. The van der Waals surface area contributed by atoms with Gasteiger partial charge in [0.2, 0.25) is 0 Å². The van der Waals surface area contributed by atoms with Gasteiger partial charge in [-0.15, -0.1) is 0 Å². The lowest BCUT2D eigenvalue weighted by Gasteiger charge is -2.23. The first-order valence-corrected chi connectivity index (χ1v) is 5.18. The van der Waals surface area contributed by atoms with Gasteiger partial charge < -0.3 is 15.8 Å². The van der Waals surface area contributed by atoms with Crippen LogP contribution in [0.25, 0.3) is 0 Å². The van der Waals surface area contributed by atoms with Crippen LogP contribution in [0, 0.1) is 10.1 Å². The molecule has 0 bridgehead atoms. The Balaban J connectivity index is 2.81. The van der Waals surface area contributed by atoms with Crippen molar-refractivity contribution in [3.63, 3.8) is 0 Å². The van der Waals surface area contributed by atoms with E-state index in [4.69, 9.17) is 10.5 Å². The van der Waals surface area contributed by atoms with Crippen LogP contribution in [0.3, 0.4) is 0 Å². The molecule has 0 saturated carbocycles. The first-order valence-electron chi connectivity index (χ1n) is 5.18. The first-order chi connectivity index (χ1) is 7.84. The molecule has 3 N–H and O–H groups in total. The molecule has 17 heavy (non-hydrogen) atoms. The van der Waals surface area contributed by atoms with Gasteiger partial charge in [-0.3, -0.25) is 10.1 Å². The van der Waals surface area contributed by atoms with Gasteiger partial charge in [0.25, 0.3) is 5.69 Å². The Kier molecular flexibility index (Phi) is 3.90. The molecule has 1 aromatic rings. The molecule has 0 fully saturated rings. The molecule has 0 amide bonds. The molecule has 0 spiro atoms. The average molecular weight is 239 g/mol. The molecule has 0 saturated heterocycles. The van der Waals surface area contributed by atoms with Crippen molar-refractivity contribution in [1.82, 2.24) is 0 Å². The highest BCUT2D eigenvalue weighted by Gasteiger charge is 2.16. The summed E-state index contributed by atoms with van der Waals surface area (Å²) >= 11 is 0. The smallest absolute Gasteiger partial charge is 0.273 e. The van der Waals surface area contributed by atoms with E-state index < -0.39 is 4.92 Å². The van der Waals surface area contributed by atoms with Gasteiger partial charge in [-0.1, -0.05) is 0 Å². The molecule has 94 valence electrons. The summed E-state index contributed by atoms with van der Waals surface area (Å²) in [5.74, 6) is 0. The van der Waals surface area contributed by atoms with Crippen LogP contribution < -0.4 is 11.1 Å². The van der Waals surface area contributed by atoms with Crippen LogP contribution in [0.2, 0.25) is 0 Å². The van der Waals surface area contributed by atoms with E-state index in [0.29, 0.717) is 17.9 Å². The normalized spacial score (nSPS) is 11.2. The summed E-state index contributed by atoms with van der Waals surface area (Å²) in [4.78, 5) is 10.2. The van der Waals surface area contributed by atoms with Crippen LogP contribution in [-0.2, 0) is 4.74 Å². The Bertz CT molecular complexity index is 418. The second-order valence-corrected chi connectivity index (χ2v) is 4.39. The number of hydrogen-bond acceptors (Lipinski definition) is 5. The summed E-state index contributed by atoms with van der Waals surface area (Å²) in [6.07, 6.45) is 0. The Morgan fingerprint density at radius 3 is 2.65 bits per heavy atom. The van der Waals surface area contributed by atoms with Crippen LogP contribution in [0.1, 0.15) is 13.8 Å². The van der Waals surface area contributed by atoms with Crippen molar-refractivity contribution in [2.75, 3.05) is 24.7 Å². The number of nitrogens with zero attached hydrogens (tertiary/aromatic N) is 1. The summed E-state index contributed by atoms with van der Waals surface area (Å²) in [5, 5.41) is 13.7. The minimum Gasteiger partial charge on any atom is -0.398 e. The van der Waals surface area contributed by atoms with Crippen LogP contribution in [0.4, 0.5) is 17.1 Å². The number of nitro groups is 1. The second kappa shape index (κ2) is 5.01. The number of benzene rings is 1. The van der Waals surface area contributed by atoms with E-state index in [2.05, 4.69) is 5.32 Å². The zero-order valence-electron chi connectivity index (χ0n) is 10.2. The number of anilines is 2. The first kappa shape index (κ1) is 13.2. The molecule has 0 unspecified atom stereocenters. The second-order valence-electron chi connectivity index (χ2n) is 4.39. The van der Waals surface area contributed by atoms with Crippen molar-refractivity contribution < 1.29 is 9.66 Å². The number of nitrogens with two attached hydrogens (primary N) is 1. The largest absolute Gasteiger partial charge is 0.398 e. The van der Waals surface area contributed by atoms with Crippen LogP contribution in [0.15, 0.2) is 18.2 Å². The highest BCUT2D eigenvalue weighted by Crippen LogP contribution is 2.23. The zero-order chi connectivity index (χ0) is 13.1. The molecule has 0 aliphatic heterocycles. The fraction of sp³-hybridized carbons (Fsp3) is 0.455. The number of methoxy groups -OCH3 is 1. The monoisotopic (exact) mass is 239 g/mol. The minimum atomic E-state index is -0.469. The molecule has 6 heteroatoms. The van der Waals surface area contributed by atoms with Gasteiger partial charge in [0.15, 0.2) is 0 Å². The third-order valence-electron chi connectivity index (χ3n) is 2.42. The quantitative estimate of drug-likeness (QED) is 0.466. The highest BCUT2D eigenvalue weighted by molar-refractivity contribution is 5.61. The average Bonchev–Trinajstić information content (AvgIpc) is 2.26. The molecule has 0 aliphatic rings. The van der Waals surface area contributed by atoms with Gasteiger partial charge in [0, 0.05) is 37.2 Å². The van der Waals surface area contributed by atoms with Crippen LogP contribution in [0.5, 0.6) is 0 Å². The standard InChI is InChI=1S/C11H17N3O3/c1-11(2,17-3)7-13-9-4-8(12)5-10(6-9)14(15)16/h4-6,13H,7,12H2,1-3H3.